The van der Waals surface area contributed by atoms with Gasteiger partial charge in [-0.15, -0.1) is 0 Å². The normalized spacial score (nSPS) is 17.3. The van der Waals surface area contributed by atoms with Crippen LogP contribution in [0.3, 0.4) is 0 Å². The molecule has 2 amide bonds. The number of amides is 2. The lowest BCUT2D eigenvalue weighted by Crippen LogP contribution is -2.40. The molecule has 0 spiro atoms. The molecule has 2 aromatic rings. The molecule has 0 saturated carbocycles. The van der Waals surface area contributed by atoms with Crippen LogP contribution < -0.4 is 4.74 Å². The van der Waals surface area contributed by atoms with Gasteiger partial charge in [-0.05, 0) is 67.9 Å². The second-order valence-electron chi connectivity index (χ2n) is 8.79. The average molecular weight is 439 g/mol. The van der Waals surface area contributed by atoms with E-state index in [0.29, 0.717) is 42.5 Å². The monoisotopic (exact) mass is 438 g/mol. The van der Waals surface area contributed by atoms with Crippen LogP contribution in [0.2, 0.25) is 0 Å². The fourth-order valence-corrected chi connectivity index (χ4v) is 4.53. The smallest absolute Gasteiger partial charge is 0.257 e. The molecule has 0 N–H and O–H groups in total. The van der Waals surface area contributed by atoms with Crippen molar-refractivity contribution >= 4 is 11.8 Å². The largest absolute Gasteiger partial charge is 0.492 e. The predicted molar refractivity (Wildman–Crippen MR) is 121 cm³/mol. The van der Waals surface area contributed by atoms with Crippen LogP contribution in [0.25, 0.3) is 0 Å². The van der Waals surface area contributed by atoms with Crippen LogP contribution in [0.1, 0.15) is 48.0 Å². The average Bonchev–Trinajstić information content (AvgIpc) is 2.83. The summed E-state index contributed by atoms with van der Waals surface area (Å²) >= 11 is 0. The van der Waals surface area contributed by atoms with E-state index in [1.807, 2.05) is 34.1 Å². The van der Waals surface area contributed by atoms with E-state index in [1.165, 1.54) is 18.6 Å². The van der Waals surface area contributed by atoms with Crippen molar-refractivity contribution in [2.45, 2.75) is 38.5 Å². The molecule has 2 aliphatic heterocycles. The predicted octanol–water partition coefficient (Wildman–Crippen LogP) is 4.31. The summed E-state index contributed by atoms with van der Waals surface area (Å²) in [5.41, 5.74) is 1.34. The molecule has 32 heavy (non-hydrogen) atoms. The molecule has 2 fully saturated rings. The number of carbonyl (C=O) groups is 2. The van der Waals surface area contributed by atoms with Gasteiger partial charge in [0, 0.05) is 26.2 Å². The Labute approximate surface area is 189 Å². The van der Waals surface area contributed by atoms with E-state index in [0.717, 1.165) is 38.8 Å². The molecule has 2 saturated heterocycles. The van der Waals surface area contributed by atoms with E-state index in [2.05, 4.69) is 0 Å². The molecule has 0 aliphatic carbocycles. The van der Waals surface area contributed by atoms with E-state index in [4.69, 9.17) is 4.74 Å². The van der Waals surface area contributed by atoms with Crippen molar-refractivity contribution in [3.8, 4) is 5.75 Å². The number of halogens is 1. The molecular weight excluding hydrogens is 407 g/mol. The summed E-state index contributed by atoms with van der Waals surface area (Å²) in [4.78, 5) is 29.3. The molecule has 0 unspecified atom stereocenters. The van der Waals surface area contributed by atoms with Gasteiger partial charge in [0.15, 0.2) is 0 Å². The third-order valence-electron chi connectivity index (χ3n) is 6.45. The molecule has 2 heterocycles. The quantitative estimate of drug-likeness (QED) is 0.675. The highest BCUT2D eigenvalue weighted by atomic mass is 19.1. The lowest BCUT2D eigenvalue weighted by atomic mass is 9.97. The van der Waals surface area contributed by atoms with Gasteiger partial charge < -0.3 is 14.5 Å². The third kappa shape index (κ3) is 5.67. The molecule has 2 aliphatic rings. The maximum Gasteiger partial charge on any atom is 0.257 e. The lowest BCUT2D eigenvalue weighted by molar-refractivity contribution is -0.132. The maximum atomic E-state index is 13.4. The zero-order chi connectivity index (χ0) is 22.3. The Hall–Kier alpha value is -2.89. The number of hydrogen-bond acceptors (Lipinski definition) is 3. The summed E-state index contributed by atoms with van der Waals surface area (Å²) in [6.07, 6.45) is 5.25. The fourth-order valence-electron chi connectivity index (χ4n) is 4.53. The highest BCUT2D eigenvalue weighted by Crippen LogP contribution is 2.25. The third-order valence-corrected chi connectivity index (χ3v) is 6.45. The molecule has 6 heteroatoms. The molecule has 2 aromatic carbocycles. The number of nitrogens with zero attached hydrogens (tertiary/aromatic N) is 2. The Morgan fingerprint density at radius 2 is 1.66 bits per heavy atom. The van der Waals surface area contributed by atoms with E-state index in [9.17, 15) is 14.0 Å². The summed E-state index contributed by atoms with van der Waals surface area (Å²) < 4.78 is 19.5. The Morgan fingerprint density at radius 3 is 2.41 bits per heavy atom. The van der Waals surface area contributed by atoms with Gasteiger partial charge in [-0.1, -0.05) is 24.3 Å². The highest BCUT2D eigenvalue weighted by molar-refractivity contribution is 5.97. The number of ether oxygens (including phenoxy) is 1. The SMILES string of the molecule is O=C(Cc1cccc(F)c1)N1CCC(COc2ccccc2C(=O)N2CCCCC2)CC1. The number of carbonyl (C=O) groups excluding carboxylic acids is 2. The number of hydrogen-bond donors (Lipinski definition) is 0. The number of likely N-dealkylation sites (tertiary alicyclic amines) is 2. The molecule has 0 radical (unpaired) electrons. The van der Waals surface area contributed by atoms with Crippen molar-refractivity contribution in [1.29, 1.82) is 0 Å². The van der Waals surface area contributed by atoms with Gasteiger partial charge >= 0.3 is 0 Å². The zero-order valence-corrected chi connectivity index (χ0v) is 18.5. The Morgan fingerprint density at radius 1 is 0.906 bits per heavy atom. The van der Waals surface area contributed by atoms with Crippen molar-refractivity contribution in [1.82, 2.24) is 9.80 Å². The fraction of sp³-hybridized carbons (Fsp3) is 0.462. The first-order valence-corrected chi connectivity index (χ1v) is 11.6. The van der Waals surface area contributed by atoms with Gasteiger partial charge in [-0.25, -0.2) is 4.39 Å². The van der Waals surface area contributed by atoms with Gasteiger partial charge in [0.1, 0.15) is 11.6 Å². The first kappa shape index (κ1) is 22.3. The van der Waals surface area contributed by atoms with Gasteiger partial charge in [0.25, 0.3) is 5.91 Å². The standard InChI is InChI=1S/C26H31FN2O3/c27-22-8-6-7-21(17-22)18-25(30)28-15-11-20(12-16-28)19-32-24-10-3-2-9-23(24)26(31)29-13-4-1-5-14-29/h2-3,6-10,17,20H,1,4-5,11-16,18-19H2. The van der Waals surface area contributed by atoms with Gasteiger partial charge in [-0.3, -0.25) is 9.59 Å². The second-order valence-corrected chi connectivity index (χ2v) is 8.79. The van der Waals surface area contributed by atoms with Gasteiger partial charge in [0.05, 0.1) is 18.6 Å². The molecular formula is C26H31FN2O3. The Kier molecular flexibility index (Phi) is 7.40. The van der Waals surface area contributed by atoms with E-state index in [-0.39, 0.29) is 24.1 Å². The minimum absolute atomic E-state index is 0.0347. The number of benzene rings is 2. The molecule has 170 valence electrons. The van der Waals surface area contributed by atoms with Crippen molar-refractivity contribution in [2.75, 3.05) is 32.8 Å². The van der Waals surface area contributed by atoms with Gasteiger partial charge in [0.2, 0.25) is 5.91 Å². The van der Waals surface area contributed by atoms with E-state index in [1.54, 1.807) is 12.1 Å². The van der Waals surface area contributed by atoms with Crippen LogP contribution in [0.15, 0.2) is 48.5 Å². The van der Waals surface area contributed by atoms with Gasteiger partial charge in [-0.2, -0.15) is 0 Å². The summed E-state index contributed by atoms with van der Waals surface area (Å²) in [5.74, 6) is 0.759. The lowest BCUT2D eigenvalue weighted by Gasteiger charge is -2.32. The molecule has 0 atom stereocenters. The second kappa shape index (κ2) is 10.6. The summed E-state index contributed by atoms with van der Waals surface area (Å²) in [5, 5.41) is 0. The maximum absolute atomic E-state index is 13.4. The zero-order valence-electron chi connectivity index (χ0n) is 18.5. The van der Waals surface area contributed by atoms with E-state index < -0.39 is 0 Å². The molecule has 5 nitrogen and oxygen atoms in total. The topological polar surface area (TPSA) is 49.9 Å². The van der Waals surface area contributed by atoms with Crippen LogP contribution in [-0.4, -0.2) is 54.4 Å². The van der Waals surface area contributed by atoms with Crippen LogP contribution in [0, 0.1) is 11.7 Å². The summed E-state index contributed by atoms with van der Waals surface area (Å²) in [7, 11) is 0. The van der Waals surface area contributed by atoms with Crippen LogP contribution in [0.5, 0.6) is 5.75 Å². The summed E-state index contributed by atoms with van der Waals surface area (Å²) in [6, 6.07) is 13.7. The van der Waals surface area contributed by atoms with Crippen LogP contribution in [0.4, 0.5) is 4.39 Å². The Bertz CT molecular complexity index is 934. The minimum atomic E-state index is -0.315. The first-order valence-electron chi connectivity index (χ1n) is 11.6. The van der Waals surface area contributed by atoms with Crippen LogP contribution in [-0.2, 0) is 11.2 Å². The molecule has 0 bridgehead atoms. The highest BCUT2D eigenvalue weighted by Gasteiger charge is 2.25. The molecule has 4 rings (SSSR count). The van der Waals surface area contributed by atoms with E-state index >= 15 is 0 Å². The van der Waals surface area contributed by atoms with Crippen molar-refractivity contribution in [3.63, 3.8) is 0 Å². The van der Waals surface area contributed by atoms with Crippen molar-refractivity contribution < 1.29 is 18.7 Å². The number of para-hydroxylation sites is 1. The Balaban J connectivity index is 1.27. The number of rotatable bonds is 6. The molecule has 0 aromatic heterocycles. The minimum Gasteiger partial charge on any atom is -0.492 e. The van der Waals surface area contributed by atoms with Crippen LogP contribution >= 0.6 is 0 Å². The summed E-state index contributed by atoms with van der Waals surface area (Å²) in [6.45, 7) is 3.52. The van der Waals surface area contributed by atoms with Crippen molar-refractivity contribution in [2.24, 2.45) is 5.92 Å². The number of piperidine rings is 2. The first-order chi connectivity index (χ1) is 15.6. The van der Waals surface area contributed by atoms with Crippen molar-refractivity contribution in [3.05, 3.63) is 65.5 Å².